The van der Waals surface area contributed by atoms with E-state index in [1.54, 1.807) is 18.3 Å². The molecule has 0 radical (unpaired) electrons. The molecule has 8 heteroatoms. The van der Waals surface area contributed by atoms with Crippen LogP contribution in [0.1, 0.15) is 21.5 Å². The Morgan fingerprint density at radius 3 is 2.38 bits per heavy atom. The second kappa shape index (κ2) is 9.74. The Hall–Kier alpha value is -3.52. The van der Waals surface area contributed by atoms with Crippen molar-refractivity contribution in [1.82, 2.24) is 9.88 Å². The molecule has 2 heterocycles. The highest BCUT2D eigenvalue weighted by atomic mass is 19.2. The van der Waals surface area contributed by atoms with E-state index in [0.717, 1.165) is 37.3 Å². The van der Waals surface area contributed by atoms with Gasteiger partial charge in [0.25, 0.3) is 0 Å². The number of pyridine rings is 1. The highest BCUT2D eigenvalue weighted by molar-refractivity contribution is 5.93. The molecule has 1 fully saturated rings. The number of carbonyl (C=O) groups is 1. The maximum absolute atomic E-state index is 13.3. The molecule has 4 rings (SSSR count). The lowest BCUT2D eigenvalue weighted by Gasteiger charge is -2.35. The van der Waals surface area contributed by atoms with E-state index in [4.69, 9.17) is 4.74 Å². The average Bonchev–Trinajstić information content (AvgIpc) is 2.81. The fourth-order valence-electron chi connectivity index (χ4n) is 3.68. The van der Waals surface area contributed by atoms with Crippen LogP contribution >= 0.6 is 0 Å². The van der Waals surface area contributed by atoms with Gasteiger partial charge in [-0.1, -0.05) is 18.2 Å². The molecule has 0 bridgehead atoms. The first kappa shape index (κ1) is 21.7. The SMILES string of the molecule is O=C(O)c1cccnc1N1CCN(Cc2ccc(OCc3ccc(F)c(F)c3)cc2)CC1. The van der Waals surface area contributed by atoms with Gasteiger partial charge in [0.05, 0.1) is 0 Å². The second-order valence-electron chi connectivity index (χ2n) is 7.62. The molecule has 0 aliphatic carbocycles. The van der Waals surface area contributed by atoms with Crippen LogP contribution in [-0.2, 0) is 13.2 Å². The predicted molar refractivity (Wildman–Crippen MR) is 116 cm³/mol. The van der Waals surface area contributed by atoms with E-state index in [2.05, 4.69) is 9.88 Å². The molecular formula is C24H23F2N3O3. The summed E-state index contributed by atoms with van der Waals surface area (Å²) in [5.74, 6) is -1.56. The van der Waals surface area contributed by atoms with E-state index in [1.165, 1.54) is 6.07 Å². The van der Waals surface area contributed by atoms with Gasteiger partial charge in [-0.05, 0) is 47.5 Å². The number of hydrogen-bond donors (Lipinski definition) is 1. The Balaban J connectivity index is 1.28. The topological polar surface area (TPSA) is 65.9 Å². The summed E-state index contributed by atoms with van der Waals surface area (Å²) in [6.07, 6.45) is 1.62. The van der Waals surface area contributed by atoms with Crippen LogP contribution in [0.5, 0.6) is 5.75 Å². The molecular weight excluding hydrogens is 416 g/mol. The van der Waals surface area contributed by atoms with Gasteiger partial charge in [0.2, 0.25) is 0 Å². The van der Waals surface area contributed by atoms with Crippen LogP contribution in [-0.4, -0.2) is 47.1 Å². The van der Waals surface area contributed by atoms with Crippen molar-refractivity contribution < 1.29 is 23.4 Å². The summed E-state index contributed by atoms with van der Waals surface area (Å²) in [6.45, 7) is 3.92. The second-order valence-corrected chi connectivity index (χ2v) is 7.62. The zero-order valence-electron chi connectivity index (χ0n) is 17.4. The van der Waals surface area contributed by atoms with E-state index in [1.807, 2.05) is 29.2 Å². The molecule has 1 N–H and O–H groups in total. The van der Waals surface area contributed by atoms with Crippen molar-refractivity contribution in [3.63, 3.8) is 0 Å². The van der Waals surface area contributed by atoms with E-state index in [-0.39, 0.29) is 12.2 Å². The van der Waals surface area contributed by atoms with Crippen molar-refractivity contribution in [3.05, 3.63) is 89.1 Å². The number of ether oxygens (including phenoxy) is 1. The summed E-state index contributed by atoms with van der Waals surface area (Å²) in [4.78, 5) is 20.0. The fourth-order valence-corrected chi connectivity index (χ4v) is 3.68. The van der Waals surface area contributed by atoms with E-state index < -0.39 is 17.6 Å². The molecule has 1 saturated heterocycles. The van der Waals surface area contributed by atoms with Gasteiger partial charge >= 0.3 is 5.97 Å². The summed E-state index contributed by atoms with van der Waals surface area (Å²) in [7, 11) is 0. The summed E-state index contributed by atoms with van der Waals surface area (Å²) in [5, 5.41) is 9.37. The first-order chi connectivity index (χ1) is 15.5. The molecule has 1 aliphatic rings. The zero-order valence-corrected chi connectivity index (χ0v) is 17.4. The minimum absolute atomic E-state index is 0.157. The third-order valence-electron chi connectivity index (χ3n) is 5.41. The highest BCUT2D eigenvalue weighted by Gasteiger charge is 2.22. The van der Waals surface area contributed by atoms with Gasteiger partial charge in [0, 0.05) is 38.9 Å². The van der Waals surface area contributed by atoms with Gasteiger partial charge in [-0.15, -0.1) is 0 Å². The molecule has 32 heavy (non-hydrogen) atoms. The number of halogens is 2. The number of carboxylic acid groups (broad SMARTS) is 1. The van der Waals surface area contributed by atoms with Gasteiger partial charge in [0.1, 0.15) is 23.7 Å². The summed E-state index contributed by atoms with van der Waals surface area (Å²) >= 11 is 0. The summed E-state index contributed by atoms with van der Waals surface area (Å²) < 4.78 is 32.0. The van der Waals surface area contributed by atoms with Crippen LogP contribution in [0.4, 0.5) is 14.6 Å². The molecule has 0 amide bonds. The molecule has 0 saturated carbocycles. The fraction of sp³-hybridized carbons (Fsp3) is 0.250. The number of aromatic carboxylic acids is 1. The Kier molecular flexibility index (Phi) is 6.61. The van der Waals surface area contributed by atoms with Crippen LogP contribution in [0.2, 0.25) is 0 Å². The number of rotatable bonds is 7. The monoisotopic (exact) mass is 439 g/mol. The number of nitrogens with zero attached hydrogens (tertiary/aromatic N) is 3. The molecule has 6 nitrogen and oxygen atoms in total. The number of aromatic nitrogens is 1. The minimum Gasteiger partial charge on any atom is -0.489 e. The van der Waals surface area contributed by atoms with Crippen molar-refractivity contribution in [2.75, 3.05) is 31.1 Å². The third kappa shape index (κ3) is 5.20. The van der Waals surface area contributed by atoms with Gasteiger partial charge in [-0.2, -0.15) is 0 Å². The normalized spacial score (nSPS) is 14.4. The van der Waals surface area contributed by atoms with Crippen LogP contribution in [0.15, 0.2) is 60.8 Å². The van der Waals surface area contributed by atoms with E-state index in [9.17, 15) is 18.7 Å². The Bertz CT molecular complexity index is 1080. The Morgan fingerprint density at radius 1 is 0.969 bits per heavy atom. The number of benzene rings is 2. The number of anilines is 1. The molecule has 1 aromatic heterocycles. The number of carboxylic acids is 1. The summed E-state index contributed by atoms with van der Waals surface area (Å²) in [5.41, 5.74) is 1.91. The quantitative estimate of drug-likeness (QED) is 0.601. The molecule has 166 valence electrons. The van der Waals surface area contributed by atoms with Crippen LogP contribution in [0.3, 0.4) is 0 Å². The first-order valence-electron chi connectivity index (χ1n) is 10.3. The van der Waals surface area contributed by atoms with Gasteiger partial charge < -0.3 is 14.7 Å². The van der Waals surface area contributed by atoms with Crippen molar-refractivity contribution in [1.29, 1.82) is 0 Å². The number of piperazine rings is 1. The van der Waals surface area contributed by atoms with Gasteiger partial charge in [-0.25, -0.2) is 18.6 Å². The van der Waals surface area contributed by atoms with Gasteiger partial charge in [0.15, 0.2) is 11.6 Å². The third-order valence-corrected chi connectivity index (χ3v) is 5.41. The van der Waals surface area contributed by atoms with Crippen molar-refractivity contribution >= 4 is 11.8 Å². The first-order valence-corrected chi connectivity index (χ1v) is 10.3. The zero-order chi connectivity index (χ0) is 22.5. The van der Waals surface area contributed by atoms with Crippen molar-refractivity contribution in [2.24, 2.45) is 0 Å². The van der Waals surface area contributed by atoms with Crippen LogP contribution in [0.25, 0.3) is 0 Å². The largest absolute Gasteiger partial charge is 0.489 e. The van der Waals surface area contributed by atoms with Crippen molar-refractivity contribution in [3.8, 4) is 5.75 Å². The molecule has 2 aromatic carbocycles. The predicted octanol–water partition coefficient (Wildman–Crippen LogP) is 3.96. The molecule has 3 aromatic rings. The Labute approximate surface area is 184 Å². The maximum atomic E-state index is 13.3. The smallest absolute Gasteiger partial charge is 0.339 e. The van der Waals surface area contributed by atoms with Crippen LogP contribution in [0, 0.1) is 11.6 Å². The summed E-state index contributed by atoms with van der Waals surface area (Å²) in [6, 6.07) is 14.6. The van der Waals surface area contributed by atoms with Crippen LogP contribution < -0.4 is 9.64 Å². The van der Waals surface area contributed by atoms with Gasteiger partial charge in [-0.3, -0.25) is 4.90 Å². The van der Waals surface area contributed by atoms with E-state index >= 15 is 0 Å². The molecule has 0 spiro atoms. The average molecular weight is 439 g/mol. The van der Waals surface area contributed by atoms with E-state index in [0.29, 0.717) is 30.2 Å². The lowest BCUT2D eigenvalue weighted by atomic mass is 10.1. The lowest BCUT2D eigenvalue weighted by Crippen LogP contribution is -2.46. The lowest BCUT2D eigenvalue weighted by molar-refractivity contribution is 0.0697. The molecule has 0 unspecified atom stereocenters. The molecule has 1 aliphatic heterocycles. The maximum Gasteiger partial charge on any atom is 0.339 e. The minimum atomic E-state index is -0.970. The van der Waals surface area contributed by atoms with Crippen molar-refractivity contribution in [2.45, 2.75) is 13.2 Å². The standard InChI is InChI=1S/C24H23F2N3O3/c25-21-8-5-18(14-22(21)26)16-32-19-6-3-17(4-7-19)15-28-10-12-29(13-11-28)23-20(24(30)31)2-1-9-27-23/h1-9,14H,10-13,15-16H2,(H,30,31). The Morgan fingerprint density at radius 2 is 1.69 bits per heavy atom. The highest BCUT2D eigenvalue weighted by Crippen LogP contribution is 2.21. The number of hydrogen-bond acceptors (Lipinski definition) is 5. The molecule has 0 atom stereocenters.